The van der Waals surface area contributed by atoms with E-state index < -0.39 is 11.7 Å². The molecule has 8 nitrogen and oxygen atoms in total. The van der Waals surface area contributed by atoms with E-state index in [2.05, 4.69) is 10.4 Å². The molecule has 2 aromatic rings. The van der Waals surface area contributed by atoms with Crippen molar-refractivity contribution in [1.29, 1.82) is 0 Å². The molecule has 1 amide bonds. The van der Waals surface area contributed by atoms with Crippen molar-refractivity contribution in [3.05, 3.63) is 40.8 Å². The molecule has 1 aromatic carbocycles. The Hall–Kier alpha value is -2.48. The van der Waals surface area contributed by atoms with Gasteiger partial charge in [0.2, 0.25) is 0 Å². The molecule has 0 saturated carbocycles. The third-order valence-corrected chi connectivity index (χ3v) is 3.80. The lowest BCUT2D eigenvalue weighted by atomic mass is 10.1. The Labute approximate surface area is 126 Å². The van der Waals surface area contributed by atoms with Crippen molar-refractivity contribution < 1.29 is 9.53 Å². The van der Waals surface area contributed by atoms with E-state index in [4.69, 9.17) is 4.74 Å². The highest BCUT2D eigenvalue weighted by Gasteiger charge is 2.26. The summed E-state index contributed by atoms with van der Waals surface area (Å²) in [6, 6.07) is 8.45. The lowest BCUT2D eigenvalue weighted by Crippen LogP contribution is -2.46. The molecule has 0 aliphatic carbocycles. The zero-order valence-corrected chi connectivity index (χ0v) is 12.3. The molecule has 2 heterocycles. The van der Waals surface area contributed by atoms with Crippen LogP contribution in [0.5, 0.6) is 0 Å². The molecule has 0 N–H and O–H groups in total. The van der Waals surface area contributed by atoms with Gasteiger partial charge in [0.25, 0.3) is 0 Å². The van der Waals surface area contributed by atoms with Crippen molar-refractivity contribution in [2.75, 3.05) is 20.3 Å². The van der Waals surface area contributed by atoms with Crippen molar-refractivity contribution in [2.45, 2.75) is 18.9 Å². The van der Waals surface area contributed by atoms with Crippen molar-refractivity contribution in [3.8, 4) is 5.69 Å². The van der Waals surface area contributed by atoms with Gasteiger partial charge in [0.1, 0.15) is 0 Å². The van der Waals surface area contributed by atoms with Gasteiger partial charge < -0.3 is 9.64 Å². The summed E-state index contributed by atoms with van der Waals surface area (Å²) in [6.07, 6.45) is 1.51. The molecule has 1 aliphatic heterocycles. The SMILES string of the molecule is CN(C(=O)n1nnn(-c2ccccc2)c1=O)C1CCOCC1. The number of aromatic nitrogens is 4. The van der Waals surface area contributed by atoms with Crippen molar-refractivity contribution in [3.63, 3.8) is 0 Å². The second-order valence-corrected chi connectivity index (χ2v) is 5.16. The number of nitrogens with zero attached hydrogens (tertiary/aromatic N) is 5. The molecule has 1 aliphatic rings. The van der Waals surface area contributed by atoms with Gasteiger partial charge in [-0.25, -0.2) is 9.59 Å². The predicted octanol–water partition coefficient (Wildman–Crippen LogP) is 0.508. The molecule has 0 spiro atoms. The summed E-state index contributed by atoms with van der Waals surface area (Å²) in [7, 11) is 1.67. The highest BCUT2D eigenvalue weighted by Crippen LogP contribution is 2.13. The van der Waals surface area contributed by atoms with Crippen LogP contribution in [0.1, 0.15) is 12.8 Å². The molecule has 1 fully saturated rings. The third-order valence-electron chi connectivity index (χ3n) is 3.80. The van der Waals surface area contributed by atoms with Crippen LogP contribution in [0.2, 0.25) is 0 Å². The molecule has 0 unspecified atom stereocenters. The summed E-state index contributed by atoms with van der Waals surface area (Å²) < 4.78 is 7.18. The largest absolute Gasteiger partial charge is 0.381 e. The molecule has 0 radical (unpaired) electrons. The zero-order valence-electron chi connectivity index (χ0n) is 12.3. The summed E-state index contributed by atoms with van der Waals surface area (Å²) in [6.45, 7) is 1.24. The van der Waals surface area contributed by atoms with E-state index in [0.717, 1.165) is 22.2 Å². The number of benzene rings is 1. The first-order valence-corrected chi connectivity index (χ1v) is 7.14. The monoisotopic (exact) mass is 303 g/mol. The fourth-order valence-corrected chi connectivity index (χ4v) is 2.48. The minimum Gasteiger partial charge on any atom is -0.381 e. The van der Waals surface area contributed by atoms with Crippen LogP contribution in [0, 0.1) is 0 Å². The van der Waals surface area contributed by atoms with E-state index in [1.807, 2.05) is 6.07 Å². The van der Waals surface area contributed by atoms with Crippen LogP contribution in [0.4, 0.5) is 4.79 Å². The summed E-state index contributed by atoms with van der Waals surface area (Å²) >= 11 is 0. The van der Waals surface area contributed by atoms with E-state index in [9.17, 15) is 9.59 Å². The maximum atomic E-state index is 12.4. The number of hydrogen-bond donors (Lipinski definition) is 0. The van der Waals surface area contributed by atoms with Crippen LogP contribution in [-0.2, 0) is 4.74 Å². The number of tetrazole rings is 1. The first-order chi connectivity index (χ1) is 10.7. The maximum absolute atomic E-state index is 12.4. The number of carbonyl (C=O) groups excluding carboxylic acids is 1. The molecule has 22 heavy (non-hydrogen) atoms. The maximum Gasteiger partial charge on any atom is 0.377 e. The Bertz CT molecular complexity index is 703. The summed E-state index contributed by atoms with van der Waals surface area (Å²) in [5.74, 6) is 0. The number of amides is 1. The van der Waals surface area contributed by atoms with Crippen molar-refractivity contribution in [1.82, 2.24) is 24.7 Å². The van der Waals surface area contributed by atoms with Crippen molar-refractivity contribution >= 4 is 6.03 Å². The number of hydrogen-bond acceptors (Lipinski definition) is 5. The van der Waals surface area contributed by atoms with Crippen LogP contribution >= 0.6 is 0 Å². The van der Waals surface area contributed by atoms with Crippen LogP contribution in [0.3, 0.4) is 0 Å². The van der Waals surface area contributed by atoms with Crippen molar-refractivity contribution in [2.24, 2.45) is 0 Å². The van der Waals surface area contributed by atoms with E-state index >= 15 is 0 Å². The second-order valence-electron chi connectivity index (χ2n) is 5.16. The number of ether oxygens (including phenoxy) is 1. The van der Waals surface area contributed by atoms with Crippen LogP contribution in [-0.4, -0.2) is 57.0 Å². The normalized spacial score (nSPS) is 15.7. The quantitative estimate of drug-likeness (QED) is 0.755. The highest BCUT2D eigenvalue weighted by molar-refractivity contribution is 5.75. The van der Waals surface area contributed by atoms with Gasteiger partial charge in [-0.1, -0.05) is 18.2 Å². The third kappa shape index (κ3) is 2.64. The lowest BCUT2D eigenvalue weighted by molar-refractivity contribution is 0.0522. The zero-order chi connectivity index (χ0) is 15.5. The van der Waals surface area contributed by atoms with Crippen LogP contribution < -0.4 is 5.69 Å². The fraction of sp³-hybridized carbons (Fsp3) is 0.429. The van der Waals surface area contributed by atoms with E-state index in [1.54, 1.807) is 31.3 Å². The van der Waals surface area contributed by atoms with Gasteiger partial charge in [0.05, 0.1) is 5.69 Å². The number of para-hydroxylation sites is 1. The molecule has 0 bridgehead atoms. The molecule has 116 valence electrons. The van der Waals surface area contributed by atoms with Gasteiger partial charge in [-0.3, -0.25) is 0 Å². The van der Waals surface area contributed by atoms with Gasteiger partial charge in [-0.15, -0.1) is 4.68 Å². The molecular weight excluding hydrogens is 286 g/mol. The van der Waals surface area contributed by atoms with E-state index in [0.29, 0.717) is 18.9 Å². The Balaban J connectivity index is 1.85. The fourth-order valence-electron chi connectivity index (χ4n) is 2.48. The summed E-state index contributed by atoms with van der Waals surface area (Å²) in [5.41, 5.74) is -0.00428. The average Bonchev–Trinajstić information content (AvgIpc) is 2.96. The number of rotatable bonds is 2. The molecular formula is C14H17N5O3. The van der Waals surface area contributed by atoms with Gasteiger partial charge in [0.15, 0.2) is 0 Å². The van der Waals surface area contributed by atoms with E-state index in [-0.39, 0.29) is 6.04 Å². The van der Waals surface area contributed by atoms with Gasteiger partial charge in [-0.2, -0.15) is 4.68 Å². The topological polar surface area (TPSA) is 82.3 Å². The molecule has 0 atom stereocenters. The number of carbonyl (C=O) groups is 1. The predicted molar refractivity (Wildman–Crippen MR) is 78.0 cm³/mol. The Morgan fingerprint density at radius 3 is 2.59 bits per heavy atom. The molecule has 3 rings (SSSR count). The van der Waals surface area contributed by atoms with Gasteiger partial charge in [0, 0.05) is 26.3 Å². The lowest BCUT2D eigenvalue weighted by Gasteiger charge is -2.30. The summed E-state index contributed by atoms with van der Waals surface area (Å²) in [5, 5.41) is 7.48. The first-order valence-electron chi connectivity index (χ1n) is 7.14. The Morgan fingerprint density at radius 2 is 1.91 bits per heavy atom. The van der Waals surface area contributed by atoms with Crippen LogP contribution in [0.25, 0.3) is 5.69 Å². The minimum absolute atomic E-state index is 0.0509. The Morgan fingerprint density at radius 1 is 1.23 bits per heavy atom. The highest BCUT2D eigenvalue weighted by atomic mass is 16.5. The smallest absolute Gasteiger partial charge is 0.377 e. The summed E-state index contributed by atoms with van der Waals surface area (Å²) in [4.78, 5) is 26.3. The molecule has 8 heteroatoms. The van der Waals surface area contributed by atoms with Crippen LogP contribution in [0.15, 0.2) is 35.1 Å². The molecule has 1 saturated heterocycles. The van der Waals surface area contributed by atoms with Gasteiger partial charge >= 0.3 is 11.7 Å². The standard InChI is InChI=1S/C14H17N5O3/c1-17(11-7-9-22-10-8-11)13(20)19-14(21)18(15-16-19)12-5-3-2-4-6-12/h2-6,11H,7-10H2,1H3. The average molecular weight is 303 g/mol. The minimum atomic E-state index is -0.574. The first kappa shape index (κ1) is 14.5. The molecule has 1 aromatic heterocycles. The van der Waals surface area contributed by atoms with Gasteiger partial charge in [-0.05, 0) is 35.4 Å². The second kappa shape index (κ2) is 6.10. The Kier molecular flexibility index (Phi) is 4.01. The van der Waals surface area contributed by atoms with E-state index in [1.165, 1.54) is 4.90 Å².